The molecule has 8 aromatic rings. The molecule has 0 fully saturated rings. The molecule has 2 nitrogen and oxygen atoms in total. The van der Waals surface area contributed by atoms with Crippen LogP contribution in [-0.4, -0.2) is 8.07 Å². The smallest absolute Gasteiger partial charge is 0.0776 e. The highest BCUT2D eigenvalue weighted by atomic mass is 28.3. The Balaban J connectivity index is 1.58. The molecule has 0 aliphatic carbocycles. The van der Waals surface area contributed by atoms with Gasteiger partial charge in [0.05, 0.1) is 19.4 Å². The summed E-state index contributed by atoms with van der Waals surface area (Å²) in [5, 5.41) is 9.31. The zero-order valence-electron chi connectivity index (χ0n) is 33.9. The molecule has 0 atom stereocenters. The van der Waals surface area contributed by atoms with E-state index in [1.165, 1.54) is 116 Å². The number of aryl methyl sites for hydroxylation is 8. The third kappa shape index (κ3) is 6.05. The highest BCUT2D eigenvalue weighted by Gasteiger charge is 2.27. The quantitative estimate of drug-likeness (QED) is 0.119. The zero-order chi connectivity index (χ0) is 38.2. The van der Waals surface area contributed by atoms with E-state index in [0.29, 0.717) is 0 Å². The van der Waals surface area contributed by atoms with Crippen LogP contribution in [-0.2, 0) is 0 Å². The summed E-state index contributed by atoms with van der Waals surface area (Å²) in [6, 6.07) is 44.5. The molecule has 0 heterocycles. The minimum absolute atomic E-state index is 1.18. The molecule has 8 rings (SSSR count). The Morgan fingerprint density at radius 2 is 0.667 bits per heavy atom. The van der Waals surface area contributed by atoms with Crippen LogP contribution in [0.1, 0.15) is 44.5 Å². The Morgan fingerprint density at radius 3 is 0.963 bits per heavy atom. The van der Waals surface area contributed by atoms with Gasteiger partial charge in [0.1, 0.15) is 0 Å². The first-order valence-electron chi connectivity index (χ1n) is 19.3. The van der Waals surface area contributed by atoms with Gasteiger partial charge < -0.3 is 9.80 Å². The molecule has 270 valence electrons. The van der Waals surface area contributed by atoms with Crippen molar-refractivity contribution in [1.82, 2.24) is 0 Å². The maximum atomic E-state index is 2.54. The molecule has 0 aliphatic rings. The van der Waals surface area contributed by atoms with Gasteiger partial charge in [-0.15, -0.1) is 0 Å². The molecule has 0 saturated heterocycles. The van der Waals surface area contributed by atoms with E-state index in [9.17, 15) is 0 Å². The van der Waals surface area contributed by atoms with E-state index in [2.05, 4.69) is 200 Å². The van der Waals surface area contributed by atoms with Crippen LogP contribution >= 0.6 is 0 Å². The third-order valence-corrected chi connectivity index (χ3v) is 13.4. The Hall–Kier alpha value is -5.38. The average Bonchev–Trinajstić information content (AvgIpc) is 3.10. The van der Waals surface area contributed by atoms with Crippen molar-refractivity contribution in [2.75, 3.05) is 9.80 Å². The first-order chi connectivity index (χ1) is 25.7. The lowest BCUT2D eigenvalue weighted by Crippen LogP contribution is -2.37. The molecular weight excluding hydrogens is 669 g/mol. The minimum atomic E-state index is -1.57. The number of rotatable bonds is 7. The van der Waals surface area contributed by atoms with Gasteiger partial charge in [-0.1, -0.05) is 132 Å². The Morgan fingerprint density at radius 1 is 0.333 bits per heavy atom. The van der Waals surface area contributed by atoms with Crippen LogP contribution in [0.4, 0.5) is 34.1 Å². The standard InChI is InChI=1S/C51H52N2Si/c1-31-12-20-44(35(5)24-31)52(45-21-13-32(2)25-36(45)6)48-30-49(53(46-22-14-33(3)26-37(46)7)47-23-15-34(4)27-38(47)8)43-19-17-40-29-41(54(9,10)11)28-39-16-18-42(48)51(43)50(39)40/h12-30H,1-11H3. The second-order valence-corrected chi connectivity index (χ2v) is 22.0. The summed E-state index contributed by atoms with van der Waals surface area (Å²) >= 11 is 0. The van der Waals surface area contributed by atoms with Crippen LogP contribution in [0.25, 0.3) is 32.3 Å². The highest BCUT2D eigenvalue weighted by molar-refractivity contribution is 6.89. The van der Waals surface area contributed by atoms with Crippen molar-refractivity contribution < 1.29 is 0 Å². The first-order valence-corrected chi connectivity index (χ1v) is 22.8. The van der Waals surface area contributed by atoms with Crippen molar-refractivity contribution in [3.63, 3.8) is 0 Å². The second-order valence-electron chi connectivity index (χ2n) is 16.9. The molecule has 54 heavy (non-hydrogen) atoms. The van der Waals surface area contributed by atoms with Gasteiger partial charge in [0.2, 0.25) is 0 Å². The number of nitrogens with zero attached hydrogens (tertiary/aromatic N) is 2. The molecule has 3 heteroatoms. The summed E-state index contributed by atoms with van der Waals surface area (Å²) in [6.45, 7) is 25.1. The summed E-state index contributed by atoms with van der Waals surface area (Å²) in [6.07, 6.45) is 0. The van der Waals surface area contributed by atoms with E-state index < -0.39 is 8.07 Å². The van der Waals surface area contributed by atoms with Crippen LogP contribution in [0.3, 0.4) is 0 Å². The molecule has 0 unspecified atom stereocenters. The van der Waals surface area contributed by atoms with E-state index in [1.807, 2.05) is 0 Å². The van der Waals surface area contributed by atoms with Gasteiger partial charge in [-0.25, -0.2) is 0 Å². The van der Waals surface area contributed by atoms with Gasteiger partial charge in [-0.2, -0.15) is 0 Å². The van der Waals surface area contributed by atoms with Crippen LogP contribution < -0.4 is 15.0 Å². The summed E-state index contributed by atoms with van der Waals surface area (Å²) in [7, 11) is -1.57. The third-order valence-electron chi connectivity index (χ3n) is 11.4. The van der Waals surface area contributed by atoms with E-state index in [1.54, 1.807) is 0 Å². The van der Waals surface area contributed by atoms with Gasteiger partial charge in [-0.3, -0.25) is 0 Å². The van der Waals surface area contributed by atoms with Gasteiger partial charge in [-0.05, 0) is 124 Å². The average molecular weight is 721 g/mol. The monoisotopic (exact) mass is 720 g/mol. The Labute approximate surface area is 323 Å². The van der Waals surface area contributed by atoms with Crippen LogP contribution in [0.2, 0.25) is 19.6 Å². The fourth-order valence-electron chi connectivity index (χ4n) is 8.69. The van der Waals surface area contributed by atoms with E-state index >= 15 is 0 Å². The van der Waals surface area contributed by atoms with Crippen LogP contribution in [0, 0.1) is 55.4 Å². The van der Waals surface area contributed by atoms with Crippen molar-refractivity contribution >= 4 is 79.7 Å². The number of anilines is 6. The second kappa shape index (κ2) is 13.2. The Bertz CT molecular complexity index is 2470. The molecular formula is C51H52N2Si. The Kier molecular flexibility index (Phi) is 8.70. The number of hydrogen-bond donors (Lipinski definition) is 0. The van der Waals surface area contributed by atoms with Gasteiger partial charge in [0.25, 0.3) is 0 Å². The topological polar surface area (TPSA) is 6.48 Å². The number of benzene rings is 8. The normalized spacial score (nSPS) is 12.0. The predicted molar refractivity (Wildman–Crippen MR) is 240 cm³/mol. The largest absolute Gasteiger partial charge is 0.309 e. The van der Waals surface area contributed by atoms with E-state index in [-0.39, 0.29) is 0 Å². The first kappa shape index (κ1) is 35.6. The molecule has 0 aliphatic heterocycles. The van der Waals surface area contributed by atoms with Crippen LogP contribution in [0.15, 0.2) is 115 Å². The van der Waals surface area contributed by atoms with E-state index in [4.69, 9.17) is 0 Å². The lowest BCUT2D eigenvalue weighted by molar-refractivity contribution is 1.20. The van der Waals surface area contributed by atoms with Gasteiger partial charge >= 0.3 is 0 Å². The zero-order valence-corrected chi connectivity index (χ0v) is 34.9. The molecule has 0 aromatic heterocycles. The molecule has 0 amide bonds. The fraction of sp³-hybridized carbons (Fsp3) is 0.216. The summed E-state index contributed by atoms with van der Waals surface area (Å²) in [5.41, 5.74) is 17.2. The molecule has 0 N–H and O–H groups in total. The maximum absolute atomic E-state index is 2.54. The maximum Gasteiger partial charge on any atom is 0.0776 e. The SMILES string of the molecule is Cc1ccc(N(c2ccc(C)cc2C)c2cc(N(c3ccc(C)cc3C)c3ccc(C)cc3C)c3ccc4cc([Si](C)(C)C)cc5ccc2c3c54)c(C)c1. The highest BCUT2D eigenvalue weighted by Crippen LogP contribution is 2.51. The molecule has 8 aromatic carbocycles. The summed E-state index contributed by atoms with van der Waals surface area (Å²) in [5.74, 6) is 0. The van der Waals surface area contributed by atoms with Crippen molar-refractivity contribution in [2.24, 2.45) is 0 Å². The fourth-order valence-corrected chi connectivity index (χ4v) is 9.86. The summed E-state index contributed by atoms with van der Waals surface area (Å²) < 4.78 is 0. The lowest BCUT2D eigenvalue weighted by Gasteiger charge is -2.34. The number of hydrogen-bond acceptors (Lipinski definition) is 2. The van der Waals surface area contributed by atoms with Gasteiger partial charge in [0, 0.05) is 38.9 Å². The van der Waals surface area contributed by atoms with Crippen molar-refractivity contribution in [1.29, 1.82) is 0 Å². The molecule has 0 spiro atoms. The minimum Gasteiger partial charge on any atom is -0.309 e. The van der Waals surface area contributed by atoms with Crippen molar-refractivity contribution in [3.8, 4) is 0 Å². The molecule has 0 bridgehead atoms. The molecule has 0 saturated carbocycles. The predicted octanol–water partition coefficient (Wildman–Crippen LogP) is 14.5. The van der Waals surface area contributed by atoms with Crippen molar-refractivity contribution in [2.45, 2.75) is 75.0 Å². The van der Waals surface area contributed by atoms with Crippen LogP contribution in [0.5, 0.6) is 0 Å². The van der Waals surface area contributed by atoms with E-state index in [0.717, 1.165) is 0 Å². The molecule has 0 radical (unpaired) electrons. The lowest BCUT2D eigenvalue weighted by atomic mass is 9.90. The summed E-state index contributed by atoms with van der Waals surface area (Å²) in [4.78, 5) is 5.07. The van der Waals surface area contributed by atoms with Gasteiger partial charge in [0.15, 0.2) is 0 Å². The van der Waals surface area contributed by atoms with Crippen molar-refractivity contribution in [3.05, 3.63) is 160 Å².